The summed E-state index contributed by atoms with van der Waals surface area (Å²) < 4.78 is 0. The lowest BCUT2D eigenvalue weighted by Crippen LogP contribution is -2.42. The quantitative estimate of drug-likeness (QED) is 0.587. The molecule has 3 aliphatic rings. The molecule has 1 saturated carbocycles. The number of hydrogen-bond donors (Lipinski definition) is 2. The number of carbonyl (C=O) groups excluding carboxylic acids is 1. The second kappa shape index (κ2) is 9.37. The number of likely N-dealkylation sites (tertiary alicyclic amines) is 1. The molecule has 1 spiro atoms. The predicted molar refractivity (Wildman–Crippen MR) is 110 cm³/mol. The van der Waals surface area contributed by atoms with E-state index in [1.54, 1.807) is 5.48 Å². The molecule has 3 fully saturated rings. The summed E-state index contributed by atoms with van der Waals surface area (Å²) in [4.78, 5) is 25.0. The Balaban J connectivity index is 0.00000225. The van der Waals surface area contributed by atoms with Gasteiger partial charge in [-0.3, -0.25) is 10.0 Å². The van der Waals surface area contributed by atoms with Crippen LogP contribution in [0.1, 0.15) is 61.7 Å². The summed E-state index contributed by atoms with van der Waals surface area (Å²) in [5.41, 5.74) is 2.35. The van der Waals surface area contributed by atoms with Crippen LogP contribution < -0.4 is 10.4 Å². The Labute approximate surface area is 173 Å². The zero-order chi connectivity index (χ0) is 18.7. The minimum absolute atomic E-state index is 0. The lowest BCUT2D eigenvalue weighted by Gasteiger charge is -2.39. The van der Waals surface area contributed by atoms with Gasteiger partial charge < -0.3 is 9.80 Å². The van der Waals surface area contributed by atoms with Gasteiger partial charge in [0.2, 0.25) is 5.95 Å². The van der Waals surface area contributed by atoms with E-state index in [0.717, 1.165) is 19.0 Å². The minimum Gasteiger partial charge on any atom is -0.341 e. The number of nitrogens with one attached hydrogen (secondary N) is 1. The maximum Gasteiger partial charge on any atom is 0.277 e. The number of carbonyl (C=O) groups is 1. The molecule has 0 unspecified atom stereocenters. The first-order valence-corrected chi connectivity index (χ1v) is 10.4. The first-order chi connectivity index (χ1) is 13.2. The zero-order valence-electron chi connectivity index (χ0n) is 16.5. The van der Waals surface area contributed by atoms with Crippen LogP contribution >= 0.6 is 12.4 Å². The Morgan fingerprint density at radius 1 is 1.11 bits per heavy atom. The smallest absolute Gasteiger partial charge is 0.277 e. The van der Waals surface area contributed by atoms with Crippen LogP contribution in [-0.2, 0) is 0 Å². The Kier molecular flexibility index (Phi) is 7.12. The molecule has 1 amide bonds. The standard InChI is InChI=1S/C20H31N5O2.ClH/c26-18(23-27)17-12-21-19(22-13-17)25-10-7-20(8-11-25)6-9-24(15-20)14-16-4-2-1-3-5-16;/h12-13,16,27H,1-11,14-15H2,(H,23,26);1H. The number of halogens is 1. The van der Waals surface area contributed by atoms with Gasteiger partial charge >= 0.3 is 0 Å². The summed E-state index contributed by atoms with van der Waals surface area (Å²) >= 11 is 0. The van der Waals surface area contributed by atoms with Gasteiger partial charge in [-0.1, -0.05) is 19.3 Å². The monoisotopic (exact) mass is 409 g/mol. The molecular formula is C20H32ClN5O2. The number of hydroxylamine groups is 1. The predicted octanol–water partition coefficient (Wildman–Crippen LogP) is 2.89. The van der Waals surface area contributed by atoms with Gasteiger partial charge in [0.15, 0.2) is 0 Å². The molecule has 156 valence electrons. The normalized spacial score (nSPS) is 22.8. The van der Waals surface area contributed by atoms with Crippen LogP contribution in [0.25, 0.3) is 0 Å². The SMILES string of the molecule is Cl.O=C(NO)c1cnc(N2CCC3(CCN(CC4CCCCC4)C3)CC2)nc1. The van der Waals surface area contributed by atoms with E-state index in [9.17, 15) is 4.79 Å². The van der Waals surface area contributed by atoms with Crippen LogP contribution in [0, 0.1) is 11.3 Å². The maximum atomic E-state index is 11.4. The van der Waals surface area contributed by atoms with Crippen molar-refractivity contribution in [1.29, 1.82) is 0 Å². The molecule has 8 heteroatoms. The van der Waals surface area contributed by atoms with Crippen LogP contribution in [-0.4, -0.2) is 58.7 Å². The third-order valence-electron chi connectivity index (χ3n) is 6.87. The van der Waals surface area contributed by atoms with E-state index < -0.39 is 5.91 Å². The van der Waals surface area contributed by atoms with Crippen LogP contribution in [0.2, 0.25) is 0 Å². The summed E-state index contributed by atoms with van der Waals surface area (Å²) in [6, 6.07) is 0. The first-order valence-electron chi connectivity index (χ1n) is 10.4. The second-order valence-electron chi connectivity index (χ2n) is 8.69. The van der Waals surface area contributed by atoms with E-state index in [4.69, 9.17) is 5.21 Å². The van der Waals surface area contributed by atoms with E-state index in [1.165, 1.54) is 83.4 Å². The average molecular weight is 410 g/mol. The maximum absolute atomic E-state index is 11.4. The number of piperidine rings is 1. The molecule has 1 aromatic heterocycles. The van der Waals surface area contributed by atoms with Crippen LogP contribution in [0.3, 0.4) is 0 Å². The van der Waals surface area contributed by atoms with Gasteiger partial charge in [0.1, 0.15) is 0 Å². The molecule has 2 N–H and O–H groups in total. The number of amides is 1. The molecule has 0 aromatic carbocycles. The van der Waals surface area contributed by atoms with E-state index >= 15 is 0 Å². The Morgan fingerprint density at radius 3 is 2.39 bits per heavy atom. The van der Waals surface area contributed by atoms with Crippen LogP contribution in [0.15, 0.2) is 12.4 Å². The van der Waals surface area contributed by atoms with E-state index in [0.29, 0.717) is 11.4 Å². The van der Waals surface area contributed by atoms with Gasteiger partial charge in [-0.25, -0.2) is 15.4 Å². The van der Waals surface area contributed by atoms with Crippen molar-refractivity contribution in [2.24, 2.45) is 11.3 Å². The summed E-state index contributed by atoms with van der Waals surface area (Å²) in [5, 5.41) is 8.68. The Hall–Kier alpha value is -1.44. The molecule has 0 atom stereocenters. The van der Waals surface area contributed by atoms with E-state index in [1.807, 2.05) is 0 Å². The summed E-state index contributed by atoms with van der Waals surface area (Å²) in [5.74, 6) is 1.02. The van der Waals surface area contributed by atoms with Gasteiger partial charge in [0, 0.05) is 38.6 Å². The van der Waals surface area contributed by atoms with Crippen LogP contribution in [0.4, 0.5) is 5.95 Å². The van der Waals surface area contributed by atoms with E-state index in [2.05, 4.69) is 19.8 Å². The highest BCUT2D eigenvalue weighted by Crippen LogP contribution is 2.41. The molecule has 0 radical (unpaired) electrons. The number of aromatic nitrogens is 2. The fourth-order valence-corrected chi connectivity index (χ4v) is 5.17. The fourth-order valence-electron chi connectivity index (χ4n) is 5.17. The number of rotatable bonds is 4. The minimum atomic E-state index is -0.580. The van der Waals surface area contributed by atoms with Gasteiger partial charge in [-0.2, -0.15) is 0 Å². The fraction of sp³-hybridized carbons (Fsp3) is 0.750. The highest BCUT2D eigenvalue weighted by molar-refractivity contribution is 5.92. The van der Waals surface area contributed by atoms with Crippen LogP contribution in [0.5, 0.6) is 0 Å². The van der Waals surface area contributed by atoms with Crippen molar-refractivity contribution in [1.82, 2.24) is 20.3 Å². The third kappa shape index (κ3) is 4.75. The molecule has 1 aromatic rings. The summed E-state index contributed by atoms with van der Waals surface area (Å²) in [6.07, 6.45) is 13.8. The topological polar surface area (TPSA) is 81.6 Å². The highest BCUT2D eigenvalue weighted by atomic mass is 35.5. The van der Waals surface area contributed by atoms with Crippen molar-refractivity contribution in [2.45, 2.75) is 51.4 Å². The molecule has 28 heavy (non-hydrogen) atoms. The lowest BCUT2D eigenvalue weighted by atomic mass is 9.78. The van der Waals surface area contributed by atoms with E-state index in [-0.39, 0.29) is 18.0 Å². The molecule has 1 aliphatic carbocycles. The Morgan fingerprint density at radius 2 is 1.75 bits per heavy atom. The number of hydrogen-bond acceptors (Lipinski definition) is 6. The molecule has 2 saturated heterocycles. The lowest BCUT2D eigenvalue weighted by molar-refractivity contribution is 0.0705. The second-order valence-corrected chi connectivity index (χ2v) is 8.69. The van der Waals surface area contributed by atoms with Crippen molar-refractivity contribution in [3.8, 4) is 0 Å². The molecular weight excluding hydrogens is 378 g/mol. The molecule has 4 rings (SSSR count). The largest absolute Gasteiger partial charge is 0.341 e. The number of anilines is 1. The average Bonchev–Trinajstić information content (AvgIpc) is 3.11. The molecule has 7 nitrogen and oxygen atoms in total. The highest BCUT2D eigenvalue weighted by Gasteiger charge is 2.41. The van der Waals surface area contributed by atoms with Gasteiger partial charge in [-0.05, 0) is 50.0 Å². The van der Waals surface area contributed by atoms with Crippen molar-refractivity contribution in [2.75, 3.05) is 37.6 Å². The van der Waals surface area contributed by atoms with Crippen molar-refractivity contribution >= 4 is 24.3 Å². The van der Waals surface area contributed by atoms with Crippen molar-refractivity contribution in [3.63, 3.8) is 0 Å². The molecule has 2 aliphatic heterocycles. The van der Waals surface area contributed by atoms with Crippen molar-refractivity contribution in [3.05, 3.63) is 18.0 Å². The molecule has 3 heterocycles. The van der Waals surface area contributed by atoms with Gasteiger partial charge in [-0.15, -0.1) is 12.4 Å². The first kappa shape index (κ1) is 21.3. The summed E-state index contributed by atoms with van der Waals surface area (Å²) in [6.45, 7) is 5.78. The molecule has 0 bridgehead atoms. The Bertz CT molecular complexity index is 643. The van der Waals surface area contributed by atoms with Gasteiger partial charge in [0.05, 0.1) is 5.56 Å². The third-order valence-corrected chi connectivity index (χ3v) is 6.87. The van der Waals surface area contributed by atoms with Gasteiger partial charge in [0.25, 0.3) is 5.91 Å². The number of nitrogens with zero attached hydrogens (tertiary/aromatic N) is 4. The summed E-state index contributed by atoms with van der Waals surface area (Å²) in [7, 11) is 0. The zero-order valence-corrected chi connectivity index (χ0v) is 17.3. The van der Waals surface area contributed by atoms with Crippen molar-refractivity contribution < 1.29 is 10.0 Å².